The molecule has 0 aromatic carbocycles. The fraction of sp³-hybridized carbons (Fsp3) is 0.467. The Morgan fingerprint density at radius 3 is 3.05 bits per heavy atom. The summed E-state index contributed by atoms with van der Waals surface area (Å²) < 4.78 is 1.23. The van der Waals surface area contributed by atoms with Crippen molar-refractivity contribution in [3.63, 3.8) is 0 Å². The second kappa shape index (κ2) is 6.13. The number of amides is 1. The molecule has 7 nitrogen and oxygen atoms in total. The highest BCUT2D eigenvalue weighted by Gasteiger charge is 2.25. The van der Waals surface area contributed by atoms with Crippen LogP contribution in [-0.4, -0.2) is 43.9 Å². The van der Waals surface area contributed by atoms with Crippen molar-refractivity contribution in [1.29, 1.82) is 0 Å². The van der Waals surface area contributed by atoms with E-state index in [1.807, 2.05) is 11.0 Å². The van der Waals surface area contributed by atoms with E-state index in [9.17, 15) is 9.59 Å². The lowest BCUT2D eigenvalue weighted by Gasteiger charge is -2.32. The first-order valence-electron chi connectivity index (χ1n) is 7.45. The lowest BCUT2D eigenvalue weighted by molar-refractivity contribution is -0.133. The van der Waals surface area contributed by atoms with E-state index in [1.165, 1.54) is 10.7 Å². The van der Waals surface area contributed by atoms with Crippen LogP contribution in [0.4, 0.5) is 0 Å². The van der Waals surface area contributed by atoms with Crippen LogP contribution < -0.4 is 5.56 Å². The summed E-state index contributed by atoms with van der Waals surface area (Å²) >= 11 is 0. The zero-order chi connectivity index (χ0) is 15.5. The molecule has 0 saturated carbocycles. The number of carbonyl (C=O) groups is 1. The molecule has 3 heterocycles. The first kappa shape index (κ1) is 14.5. The first-order valence-corrected chi connectivity index (χ1v) is 7.45. The van der Waals surface area contributed by atoms with E-state index in [1.54, 1.807) is 19.2 Å². The van der Waals surface area contributed by atoms with Gasteiger partial charge in [0.05, 0.1) is 5.69 Å². The van der Waals surface area contributed by atoms with E-state index in [2.05, 4.69) is 15.3 Å². The molecular weight excluding hydrogens is 282 g/mol. The number of H-pyrrole nitrogens is 1. The molecule has 1 aliphatic heterocycles. The van der Waals surface area contributed by atoms with Crippen molar-refractivity contribution in [3.8, 4) is 0 Å². The average molecular weight is 301 g/mol. The van der Waals surface area contributed by atoms with Crippen LogP contribution in [0.3, 0.4) is 0 Å². The van der Waals surface area contributed by atoms with Crippen LogP contribution in [-0.2, 0) is 11.3 Å². The number of aryl methyl sites for hydroxylation is 1. The zero-order valence-corrected chi connectivity index (χ0v) is 12.5. The summed E-state index contributed by atoms with van der Waals surface area (Å²) in [5.41, 5.74) is 1.53. The molecule has 2 aromatic heterocycles. The topological polar surface area (TPSA) is 83.9 Å². The van der Waals surface area contributed by atoms with Crippen molar-refractivity contribution in [3.05, 3.63) is 46.1 Å². The zero-order valence-electron chi connectivity index (χ0n) is 12.5. The highest BCUT2D eigenvalue weighted by Crippen LogP contribution is 2.25. The molecule has 22 heavy (non-hydrogen) atoms. The third-order valence-corrected chi connectivity index (χ3v) is 4.02. The van der Waals surface area contributed by atoms with Crippen LogP contribution in [0.5, 0.6) is 0 Å². The standard InChI is InChI=1S/C15H19N5O2/c1-11-4-5-14(21)20(18-11)10-15(22)19-8-2-3-12(9-19)13-6-7-16-17-13/h4-7,12H,2-3,8-10H2,1H3,(H,16,17)/t12-/m0/s1. The van der Waals surface area contributed by atoms with Gasteiger partial charge in [-0.05, 0) is 31.9 Å². The molecule has 1 aliphatic rings. The van der Waals surface area contributed by atoms with Gasteiger partial charge in [0.25, 0.3) is 5.56 Å². The molecule has 0 radical (unpaired) electrons. The molecule has 0 spiro atoms. The molecule has 1 N–H and O–H groups in total. The van der Waals surface area contributed by atoms with E-state index in [4.69, 9.17) is 0 Å². The summed E-state index contributed by atoms with van der Waals surface area (Å²) in [4.78, 5) is 26.0. The molecule has 1 fully saturated rings. The number of nitrogens with one attached hydrogen (secondary N) is 1. The van der Waals surface area contributed by atoms with Gasteiger partial charge in [-0.15, -0.1) is 0 Å². The Hall–Kier alpha value is -2.44. The molecule has 0 aliphatic carbocycles. The number of aromatic nitrogens is 4. The van der Waals surface area contributed by atoms with Crippen molar-refractivity contribution < 1.29 is 4.79 Å². The molecule has 7 heteroatoms. The molecule has 116 valence electrons. The van der Waals surface area contributed by atoms with Gasteiger partial charge in [-0.1, -0.05) is 0 Å². The van der Waals surface area contributed by atoms with Crippen molar-refractivity contribution in [2.75, 3.05) is 13.1 Å². The summed E-state index contributed by atoms with van der Waals surface area (Å²) in [6.45, 7) is 3.18. The van der Waals surface area contributed by atoms with Crippen molar-refractivity contribution in [2.24, 2.45) is 0 Å². The van der Waals surface area contributed by atoms with Gasteiger partial charge in [-0.2, -0.15) is 10.2 Å². The molecule has 1 amide bonds. The molecule has 2 aromatic rings. The second-order valence-corrected chi connectivity index (χ2v) is 5.66. The third kappa shape index (κ3) is 3.08. The van der Waals surface area contributed by atoms with Crippen molar-refractivity contribution >= 4 is 5.91 Å². The van der Waals surface area contributed by atoms with Gasteiger partial charge in [0, 0.05) is 37.0 Å². The Labute approximate surface area is 128 Å². The number of piperidine rings is 1. The Bertz CT molecular complexity index is 707. The number of aromatic amines is 1. The van der Waals surface area contributed by atoms with Gasteiger partial charge in [0.1, 0.15) is 6.54 Å². The minimum absolute atomic E-state index is 0.00376. The number of likely N-dealkylation sites (tertiary alicyclic amines) is 1. The molecule has 1 saturated heterocycles. The van der Waals surface area contributed by atoms with E-state index < -0.39 is 0 Å². The summed E-state index contributed by atoms with van der Waals surface area (Å²) in [6.07, 6.45) is 3.71. The van der Waals surface area contributed by atoms with Crippen LogP contribution >= 0.6 is 0 Å². The van der Waals surface area contributed by atoms with Crippen LogP contribution in [0, 0.1) is 6.92 Å². The average Bonchev–Trinajstić information content (AvgIpc) is 3.05. The van der Waals surface area contributed by atoms with E-state index in [-0.39, 0.29) is 23.9 Å². The number of hydrogen-bond acceptors (Lipinski definition) is 4. The van der Waals surface area contributed by atoms with Crippen molar-refractivity contribution in [1.82, 2.24) is 24.9 Å². The summed E-state index contributed by atoms with van der Waals surface area (Å²) in [5, 5.41) is 11.1. The highest BCUT2D eigenvalue weighted by molar-refractivity contribution is 5.76. The fourth-order valence-electron chi connectivity index (χ4n) is 2.84. The number of hydrogen-bond donors (Lipinski definition) is 1. The number of carbonyl (C=O) groups excluding carboxylic acids is 1. The number of nitrogens with zero attached hydrogens (tertiary/aromatic N) is 4. The van der Waals surface area contributed by atoms with E-state index in [0.717, 1.165) is 30.8 Å². The van der Waals surface area contributed by atoms with E-state index >= 15 is 0 Å². The van der Waals surface area contributed by atoms with Gasteiger partial charge in [-0.3, -0.25) is 14.7 Å². The monoisotopic (exact) mass is 301 g/mol. The van der Waals surface area contributed by atoms with Gasteiger partial charge < -0.3 is 4.90 Å². The Morgan fingerprint density at radius 2 is 2.27 bits per heavy atom. The smallest absolute Gasteiger partial charge is 0.267 e. The summed E-state index contributed by atoms with van der Waals surface area (Å²) in [5.74, 6) is 0.215. The summed E-state index contributed by atoms with van der Waals surface area (Å²) in [7, 11) is 0. The quantitative estimate of drug-likeness (QED) is 0.903. The maximum Gasteiger partial charge on any atom is 0.267 e. The minimum Gasteiger partial charge on any atom is -0.340 e. The SMILES string of the molecule is Cc1ccc(=O)n(CC(=O)N2CCC[C@H](c3ccn[nH]3)C2)n1. The largest absolute Gasteiger partial charge is 0.340 e. The third-order valence-electron chi connectivity index (χ3n) is 4.02. The van der Waals surface area contributed by atoms with Gasteiger partial charge in [0.2, 0.25) is 5.91 Å². The minimum atomic E-state index is -0.249. The fourth-order valence-corrected chi connectivity index (χ4v) is 2.84. The first-order chi connectivity index (χ1) is 10.6. The Kier molecular flexibility index (Phi) is 4.04. The highest BCUT2D eigenvalue weighted by atomic mass is 16.2. The summed E-state index contributed by atoms with van der Waals surface area (Å²) in [6, 6.07) is 5.04. The van der Waals surface area contributed by atoms with Crippen LogP contribution in [0.25, 0.3) is 0 Å². The van der Waals surface area contributed by atoms with Crippen molar-refractivity contribution in [2.45, 2.75) is 32.2 Å². The van der Waals surface area contributed by atoms with Crippen LogP contribution in [0.2, 0.25) is 0 Å². The lowest BCUT2D eigenvalue weighted by atomic mass is 9.95. The van der Waals surface area contributed by atoms with Crippen LogP contribution in [0.1, 0.15) is 30.1 Å². The molecule has 1 atom stereocenters. The van der Waals surface area contributed by atoms with Gasteiger partial charge >= 0.3 is 0 Å². The Balaban J connectivity index is 1.69. The normalized spacial score (nSPS) is 18.4. The number of rotatable bonds is 3. The predicted molar refractivity (Wildman–Crippen MR) is 80.4 cm³/mol. The van der Waals surface area contributed by atoms with Crippen LogP contribution in [0.15, 0.2) is 29.2 Å². The second-order valence-electron chi connectivity index (χ2n) is 5.66. The molecular formula is C15H19N5O2. The maximum atomic E-state index is 12.4. The molecule has 0 bridgehead atoms. The van der Waals surface area contributed by atoms with Gasteiger partial charge in [-0.25, -0.2) is 4.68 Å². The predicted octanol–water partition coefficient (Wildman–Crippen LogP) is 0.681. The lowest BCUT2D eigenvalue weighted by Crippen LogP contribution is -2.42. The molecule has 3 rings (SSSR count). The maximum absolute atomic E-state index is 12.4. The van der Waals surface area contributed by atoms with Gasteiger partial charge in [0.15, 0.2) is 0 Å². The molecule has 0 unspecified atom stereocenters. The van der Waals surface area contributed by atoms with E-state index in [0.29, 0.717) is 6.54 Å². The Morgan fingerprint density at radius 1 is 1.41 bits per heavy atom.